The number of nitrogens with zero attached hydrogens (tertiary/aromatic N) is 2. The van der Waals surface area contributed by atoms with Gasteiger partial charge in [0.2, 0.25) is 10.0 Å². The number of rotatable bonds is 6. The monoisotopic (exact) mass is 357 g/mol. The van der Waals surface area contributed by atoms with Gasteiger partial charge in [0, 0.05) is 20.1 Å². The lowest BCUT2D eigenvalue weighted by molar-refractivity contribution is -0.110. The van der Waals surface area contributed by atoms with E-state index in [2.05, 4.69) is 9.62 Å². The first-order chi connectivity index (χ1) is 11.5. The fourth-order valence-electron chi connectivity index (χ4n) is 3.43. The predicted molar refractivity (Wildman–Crippen MR) is 89.2 cm³/mol. The van der Waals surface area contributed by atoms with Gasteiger partial charge in [0.25, 0.3) is 0 Å². The van der Waals surface area contributed by atoms with E-state index in [1.807, 2.05) is 0 Å². The summed E-state index contributed by atoms with van der Waals surface area (Å²) in [7, 11) is -1.88. The molecule has 2 aliphatic rings. The number of sulfonamides is 1. The van der Waals surface area contributed by atoms with Gasteiger partial charge in [-0.1, -0.05) is 12.1 Å². The van der Waals surface area contributed by atoms with Crippen LogP contribution in [0.1, 0.15) is 24.4 Å². The highest BCUT2D eigenvalue weighted by Crippen LogP contribution is 2.33. The molecule has 6 nitrogen and oxygen atoms in total. The molecule has 0 saturated carbocycles. The quantitative estimate of drug-likeness (QED) is 0.827. The van der Waals surface area contributed by atoms with Crippen LogP contribution in [0.25, 0.3) is 0 Å². The van der Waals surface area contributed by atoms with E-state index in [4.69, 9.17) is 4.84 Å². The third-order valence-corrected chi connectivity index (χ3v) is 6.50. The van der Waals surface area contributed by atoms with Gasteiger partial charge in [-0.2, -0.15) is 5.06 Å². The molecule has 2 unspecified atom stereocenters. The van der Waals surface area contributed by atoms with Crippen LogP contribution in [-0.2, 0) is 14.9 Å². The summed E-state index contributed by atoms with van der Waals surface area (Å²) in [5, 5.41) is 0.738. The van der Waals surface area contributed by atoms with Gasteiger partial charge in [-0.05, 0) is 43.6 Å². The van der Waals surface area contributed by atoms with Gasteiger partial charge in [-0.3, -0.25) is 4.84 Å². The van der Waals surface area contributed by atoms with Crippen LogP contribution in [0.2, 0.25) is 0 Å². The maximum Gasteiger partial charge on any atom is 0.218 e. The first-order valence-corrected chi connectivity index (χ1v) is 9.84. The second-order valence-electron chi connectivity index (χ2n) is 6.37. The summed E-state index contributed by atoms with van der Waals surface area (Å²) in [5.74, 6) is -0.383. The molecule has 1 aromatic carbocycles. The van der Waals surface area contributed by atoms with Crippen LogP contribution in [0.5, 0.6) is 0 Å². The third-order valence-electron chi connectivity index (χ3n) is 4.71. The van der Waals surface area contributed by atoms with Crippen molar-refractivity contribution < 1.29 is 17.6 Å². The molecule has 2 aliphatic heterocycles. The van der Waals surface area contributed by atoms with Crippen LogP contribution in [0.15, 0.2) is 24.3 Å². The molecule has 2 saturated heterocycles. The molecule has 0 bridgehead atoms. The average molecular weight is 357 g/mol. The van der Waals surface area contributed by atoms with Crippen LogP contribution in [0.4, 0.5) is 4.39 Å². The van der Waals surface area contributed by atoms with E-state index < -0.39 is 21.3 Å². The summed E-state index contributed by atoms with van der Waals surface area (Å²) in [6, 6.07) is 5.50. The molecule has 1 aromatic rings. The van der Waals surface area contributed by atoms with E-state index in [9.17, 15) is 12.8 Å². The Balaban J connectivity index is 1.68. The molecule has 0 aromatic heterocycles. The van der Waals surface area contributed by atoms with Crippen molar-refractivity contribution >= 4 is 10.0 Å². The predicted octanol–water partition coefficient (Wildman–Crippen LogP) is 1.13. The van der Waals surface area contributed by atoms with Crippen molar-refractivity contribution in [2.24, 2.45) is 0 Å². The first-order valence-electron chi connectivity index (χ1n) is 8.29. The van der Waals surface area contributed by atoms with Gasteiger partial charge in [0.05, 0.1) is 12.6 Å². The SMILES string of the molecule is CN1OCC(S(=O)(=O)NCCN2CCCC2)C1c1cccc(F)c1. The van der Waals surface area contributed by atoms with Gasteiger partial charge in [-0.15, -0.1) is 0 Å². The second kappa shape index (κ2) is 7.45. The van der Waals surface area contributed by atoms with Gasteiger partial charge in [0.1, 0.15) is 11.1 Å². The Hall–Kier alpha value is -1.06. The average Bonchev–Trinajstić information content (AvgIpc) is 3.17. The van der Waals surface area contributed by atoms with E-state index in [0.29, 0.717) is 18.7 Å². The normalized spacial score (nSPS) is 26.2. The zero-order valence-corrected chi connectivity index (χ0v) is 14.6. The van der Waals surface area contributed by atoms with Gasteiger partial charge >= 0.3 is 0 Å². The van der Waals surface area contributed by atoms with E-state index >= 15 is 0 Å². The highest BCUT2D eigenvalue weighted by Gasteiger charge is 2.43. The second-order valence-corrected chi connectivity index (χ2v) is 8.35. The van der Waals surface area contributed by atoms with Crippen molar-refractivity contribution in [1.82, 2.24) is 14.7 Å². The standard InChI is InChI=1S/C16H24FN3O3S/c1-19-16(13-5-4-6-14(17)11-13)15(12-23-19)24(21,22)18-7-10-20-8-2-3-9-20/h4-6,11,15-16,18H,2-3,7-10,12H2,1H3. The fraction of sp³-hybridized carbons (Fsp3) is 0.625. The number of hydroxylamine groups is 2. The van der Waals surface area contributed by atoms with Crippen molar-refractivity contribution in [3.05, 3.63) is 35.6 Å². The molecule has 134 valence electrons. The minimum Gasteiger partial charge on any atom is -0.302 e. The van der Waals surface area contributed by atoms with Crippen molar-refractivity contribution in [2.45, 2.75) is 24.1 Å². The summed E-state index contributed by atoms with van der Waals surface area (Å²) < 4.78 is 41.6. The van der Waals surface area contributed by atoms with Crippen LogP contribution < -0.4 is 4.72 Å². The van der Waals surface area contributed by atoms with Crippen molar-refractivity contribution in [2.75, 3.05) is 39.8 Å². The molecular formula is C16H24FN3O3S. The Morgan fingerprint density at radius 1 is 1.33 bits per heavy atom. The molecule has 3 rings (SSSR count). The zero-order chi connectivity index (χ0) is 17.2. The lowest BCUT2D eigenvalue weighted by Gasteiger charge is -2.23. The summed E-state index contributed by atoms with van der Waals surface area (Å²) in [5.41, 5.74) is 0.602. The molecule has 24 heavy (non-hydrogen) atoms. The minimum atomic E-state index is -3.56. The largest absolute Gasteiger partial charge is 0.302 e. The van der Waals surface area contributed by atoms with E-state index in [1.165, 1.54) is 30.0 Å². The Kier molecular flexibility index (Phi) is 5.51. The van der Waals surface area contributed by atoms with E-state index in [0.717, 1.165) is 13.1 Å². The highest BCUT2D eigenvalue weighted by molar-refractivity contribution is 7.90. The number of benzene rings is 1. The number of hydrogen-bond donors (Lipinski definition) is 1. The number of nitrogens with one attached hydrogen (secondary N) is 1. The molecule has 2 heterocycles. The van der Waals surface area contributed by atoms with Crippen molar-refractivity contribution in [1.29, 1.82) is 0 Å². The summed E-state index contributed by atoms with van der Waals surface area (Å²) in [4.78, 5) is 7.67. The topological polar surface area (TPSA) is 61.9 Å². The van der Waals surface area contributed by atoms with Crippen LogP contribution in [0, 0.1) is 5.82 Å². The summed E-state index contributed by atoms with van der Waals surface area (Å²) in [6.07, 6.45) is 2.35. The van der Waals surface area contributed by atoms with E-state index in [1.54, 1.807) is 19.2 Å². The highest BCUT2D eigenvalue weighted by atomic mass is 32.2. The molecule has 2 atom stereocenters. The molecule has 0 spiro atoms. The molecule has 0 amide bonds. The summed E-state index contributed by atoms with van der Waals surface area (Å²) in [6.45, 7) is 3.23. The van der Waals surface area contributed by atoms with Crippen LogP contribution in [0.3, 0.4) is 0 Å². The molecular weight excluding hydrogens is 333 g/mol. The molecule has 8 heteroatoms. The number of hydrogen-bond acceptors (Lipinski definition) is 5. The Morgan fingerprint density at radius 3 is 2.79 bits per heavy atom. The maximum atomic E-state index is 13.5. The Labute approximate surface area is 142 Å². The Morgan fingerprint density at radius 2 is 2.08 bits per heavy atom. The zero-order valence-electron chi connectivity index (χ0n) is 13.8. The molecule has 0 radical (unpaired) electrons. The lowest BCUT2D eigenvalue weighted by atomic mass is 10.0. The molecule has 2 fully saturated rings. The first kappa shape index (κ1) is 17.8. The smallest absolute Gasteiger partial charge is 0.218 e. The van der Waals surface area contributed by atoms with Gasteiger partial charge in [-0.25, -0.2) is 17.5 Å². The van der Waals surface area contributed by atoms with Crippen LogP contribution >= 0.6 is 0 Å². The van der Waals surface area contributed by atoms with E-state index in [-0.39, 0.29) is 12.4 Å². The van der Waals surface area contributed by atoms with Crippen molar-refractivity contribution in [3.8, 4) is 0 Å². The fourth-order valence-corrected chi connectivity index (χ4v) is 4.93. The maximum absolute atomic E-state index is 13.5. The number of likely N-dealkylation sites (tertiary alicyclic amines) is 1. The van der Waals surface area contributed by atoms with Gasteiger partial charge in [0.15, 0.2) is 0 Å². The lowest BCUT2D eigenvalue weighted by Crippen LogP contribution is -2.42. The van der Waals surface area contributed by atoms with Crippen molar-refractivity contribution in [3.63, 3.8) is 0 Å². The van der Waals surface area contributed by atoms with Crippen LogP contribution in [-0.4, -0.2) is 63.5 Å². The molecule has 1 N–H and O–H groups in total. The number of halogens is 1. The molecule has 0 aliphatic carbocycles. The van der Waals surface area contributed by atoms with Gasteiger partial charge < -0.3 is 4.90 Å². The summed E-state index contributed by atoms with van der Waals surface area (Å²) >= 11 is 0. The Bertz CT molecular complexity index is 664. The minimum absolute atomic E-state index is 0.0662. The third kappa shape index (κ3) is 3.94.